The summed E-state index contributed by atoms with van der Waals surface area (Å²) in [5, 5.41) is 0. The van der Waals surface area contributed by atoms with Crippen LogP contribution in [0.15, 0.2) is 71.1 Å². The largest absolute Gasteiger partial charge is 0.493 e. The van der Waals surface area contributed by atoms with Crippen molar-refractivity contribution in [2.24, 2.45) is 0 Å². The number of benzene rings is 2. The van der Waals surface area contributed by atoms with E-state index in [1.165, 1.54) is 0 Å². The number of hydrogen-bond donors (Lipinski definition) is 0. The predicted molar refractivity (Wildman–Crippen MR) is 126 cm³/mol. The fourth-order valence-electron chi connectivity index (χ4n) is 5.40. The highest BCUT2D eigenvalue weighted by atomic mass is 16.5. The number of ketones is 2. The summed E-state index contributed by atoms with van der Waals surface area (Å²) in [5.74, 6) is 1.23. The number of nitrogens with zero attached hydrogens (tertiary/aromatic N) is 1. The summed E-state index contributed by atoms with van der Waals surface area (Å²) in [7, 11) is 3.63. The van der Waals surface area contributed by atoms with Crippen LogP contribution in [-0.4, -0.2) is 30.6 Å². The van der Waals surface area contributed by atoms with Crippen molar-refractivity contribution in [3.63, 3.8) is 0 Å². The lowest BCUT2D eigenvalue weighted by atomic mass is 9.71. The summed E-state index contributed by atoms with van der Waals surface area (Å²) in [6.07, 6.45) is 4.54. The Morgan fingerprint density at radius 3 is 2.09 bits per heavy atom. The molecule has 33 heavy (non-hydrogen) atoms. The lowest BCUT2D eigenvalue weighted by molar-refractivity contribution is -0.117. The maximum absolute atomic E-state index is 13.1. The zero-order valence-corrected chi connectivity index (χ0v) is 19.2. The molecule has 0 unspecified atom stereocenters. The minimum absolute atomic E-state index is 0.154. The third-order valence-corrected chi connectivity index (χ3v) is 7.00. The molecule has 2 aromatic carbocycles. The number of hydrogen-bond acceptors (Lipinski definition) is 5. The number of carbonyl (C=O) groups is 2. The lowest BCUT2D eigenvalue weighted by Crippen LogP contribution is -2.37. The van der Waals surface area contributed by atoms with Gasteiger partial charge < -0.3 is 14.4 Å². The highest BCUT2D eigenvalue weighted by Gasteiger charge is 2.42. The first-order valence-electron chi connectivity index (χ1n) is 11.7. The molecule has 1 heterocycles. The molecule has 0 atom stereocenters. The second kappa shape index (κ2) is 8.89. The van der Waals surface area contributed by atoms with Crippen LogP contribution in [0.4, 0.5) is 0 Å². The molecule has 0 radical (unpaired) electrons. The van der Waals surface area contributed by atoms with E-state index in [1.54, 1.807) is 7.11 Å². The standard InChI is InChI=1S/C28H29NO4/c1-29-20-10-6-12-22(30)27(20)26(28-21(29)11-7-13-23(28)31)19-14-15-24(25(16-19)32-2)33-17-18-8-4-3-5-9-18/h3-5,8-9,14-16,26H,6-7,10-13,17H2,1-2H3. The Morgan fingerprint density at radius 2 is 1.48 bits per heavy atom. The first-order chi connectivity index (χ1) is 16.1. The van der Waals surface area contributed by atoms with Gasteiger partial charge in [-0.25, -0.2) is 0 Å². The van der Waals surface area contributed by atoms with E-state index in [4.69, 9.17) is 9.47 Å². The van der Waals surface area contributed by atoms with Crippen LogP contribution in [0.2, 0.25) is 0 Å². The van der Waals surface area contributed by atoms with Gasteiger partial charge in [-0.1, -0.05) is 36.4 Å². The fraction of sp³-hybridized carbons (Fsp3) is 0.357. The van der Waals surface area contributed by atoms with Crippen molar-refractivity contribution < 1.29 is 19.1 Å². The van der Waals surface area contributed by atoms with Crippen LogP contribution in [0.25, 0.3) is 0 Å². The van der Waals surface area contributed by atoms with E-state index >= 15 is 0 Å². The van der Waals surface area contributed by atoms with Gasteiger partial charge in [0.15, 0.2) is 23.1 Å². The second-order valence-electron chi connectivity index (χ2n) is 8.95. The Morgan fingerprint density at radius 1 is 0.848 bits per heavy atom. The summed E-state index contributed by atoms with van der Waals surface area (Å²) in [4.78, 5) is 28.4. The van der Waals surface area contributed by atoms with Crippen molar-refractivity contribution in [3.05, 3.63) is 82.2 Å². The van der Waals surface area contributed by atoms with Crippen molar-refractivity contribution in [2.75, 3.05) is 14.2 Å². The molecule has 5 nitrogen and oxygen atoms in total. The van der Waals surface area contributed by atoms with Gasteiger partial charge >= 0.3 is 0 Å². The van der Waals surface area contributed by atoms with E-state index in [9.17, 15) is 9.59 Å². The number of Topliss-reactive ketones (excluding diaryl/α,β-unsaturated/α-hetero) is 2. The first-order valence-corrected chi connectivity index (χ1v) is 11.7. The molecular formula is C28H29NO4. The van der Waals surface area contributed by atoms with E-state index in [1.807, 2.05) is 55.6 Å². The van der Waals surface area contributed by atoms with Gasteiger partial charge in [-0.2, -0.15) is 0 Å². The Kier molecular flexibility index (Phi) is 5.79. The van der Waals surface area contributed by atoms with Crippen LogP contribution >= 0.6 is 0 Å². The monoisotopic (exact) mass is 443 g/mol. The Bertz CT molecular complexity index is 1120. The van der Waals surface area contributed by atoms with Crippen molar-refractivity contribution >= 4 is 11.6 Å². The molecule has 0 saturated heterocycles. The summed E-state index contributed by atoms with van der Waals surface area (Å²) in [6.45, 7) is 0.437. The number of allylic oxidation sites excluding steroid dienone is 4. The van der Waals surface area contributed by atoms with Gasteiger partial charge in [-0.15, -0.1) is 0 Å². The first kappa shape index (κ1) is 21.5. The molecular weight excluding hydrogens is 414 g/mol. The molecule has 0 bridgehead atoms. The van der Waals surface area contributed by atoms with E-state index in [0.717, 1.165) is 59.4 Å². The molecule has 0 N–H and O–H groups in total. The fourth-order valence-corrected chi connectivity index (χ4v) is 5.40. The van der Waals surface area contributed by atoms with Crippen molar-refractivity contribution in [1.82, 2.24) is 4.90 Å². The average Bonchev–Trinajstić information content (AvgIpc) is 2.84. The molecule has 5 heteroatoms. The van der Waals surface area contributed by atoms with Gasteiger partial charge in [0.25, 0.3) is 0 Å². The maximum Gasteiger partial charge on any atom is 0.161 e. The maximum atomic E-state index is 13.1. The Labute approximate surface area is 194 Å². The summed E-state index contributed by atoms with van der Waals surface area (Å²) >= 11 is 0. The molecule has 2 aliphatic carbocycles. The molecule has 0 spiro atoms. The van der Waals surface area contributed by atoms with Crippen LogP contribution in [0.3, 0.4) is 0 Å². The van der Waals surface area contributed by atoms with E-state index in [-0.39, 0.29) is 17.5 Å². The van der Waals surface area contributed by atoms with Crippen molar-refractivity contribution in [1.29, 1.82) is 0 Å². The Balaban J connectivity index is 1.55. The lowest BCUT2D eigenvalue weighted by Gasteiger charge is -2.42. The van der Waals surface area contributed by atoms with Crippen LogP contribution < -0.4 is 9.47 Å². The SMILES string of the molecule is COc1cc(C2C3=C(CCCC3=O)N(C)C3=C2C(=O)CCC3)ccc1OCc1ccccc1. The molecule has 0 saturated carbocycles. The smallest absolute Gasteiger partial charge is 0.161 e. The van der Waals surface area contributed by atoms with Gasteiger partial charge in [0.1, 0.15) is 6.61 Å². The van der Waals surface area contributed by atoms with E-state index < -0.39 is 0 Å². The average molecular weight is 444 g/mol. The number of rotatable bonds is 5. The normalized spacial score (nSPS) is 18.9. The molecule has 1 aliphatic heterocycles. The third kappa shape index (κ3) is 3.86. The van der Waals surface area contributed by atoms with Crippen molar-refractivity contribution in [3.8, 4) is 11.5 Å². The summed E-state index contributed by atoms with van der Waals surface area (Å²) in [5.41, 5.74) is 5.72. The summed E-state index contributed by atoms with van der Waals surface area (Å²) in [6, 6.07) is 15.8. The van der Waals surface area contributed by atoms with Gasteiger partial charge in [0.2, 0.25) is 0 Å². The second-order valence-corrected chi connectivity index (χ2v) is 8.95. The van der Waals surface area contributed by atoms with Crippen LogP contribution in [0.5, 0.6) is 11.5 Å². The molecule has 170 valence electrons. The van der Waals surface area contributed by atoms with Crippen LogP contribution in [0, 0.1) is 0 Å². The van der Waals surface area contributed by atoms with Crippen molar-refractivity contribution in [2.45, 2.75) is 51.0 Å². The third-order valence-electron chi connectivity index (χ3n) is 7.00. The molecule has 5 rings (SSSR count). The molecule has 0 aromatic heterocycles. The van der Waals surface area contributed by atoms with Gasteiger partial charge in [0, 0.05) is 48.3 Å². The molecule has 3 aliphatic rings. The van der Waals surface area contributed by atoms with Gasteiger partial charge in [-0.3, -0.25) is 9.59 Å². The van der Waals surface area contributed by atoms with Gasteiger partial charge in [0.05, 0.1) is 7.11 Å². The topological polar surface area (TPSA) is 55.8 Å². The highest BCUT2D eigenvalue weighted by Crippen LogP contribution is 2.49. The molecule has 0 fully saturated rings. The van der Waals surface area contributed by atoms with E-state index in [0.29, 0.717) is 30.9 Å². The molecule has 0 amide bonds. The quantitative estimate of drug-likeness (QED) is 0.626. The predicted octanol–water partition coefficient (Wildman–Crippen LogP) is 5.32. The minimum Gasteiger partial charge on any atom is -0.493 e. The minimum atomic E-state index is -0.330. The zero-order chi connectivity index (χ0) is 22.9. The Hall–Kier alpha value is -3.34. The van der Waals surface area contributed by atoms with Gasteiger partial charge in [-0.05, 0) is 48.9 Å². The van der Waals surface area contributed by atoms with Crippen LogP contribution in [-0.2, 0) is 16.2 Å². The number of carbonyl (C=O) groups excluding carboxylic acids is 2. The highest BCUT2D eigenvalue weighted by molar-refractivity contribution is 6.06. The number of methoxy groups -OCH3 is 1. The summed E-state index contributed by atoms with van der Waals surface area (Å²) < 4.78 is 11.7. The number of ether oxygens (including phenoxy) is 2. The van der Waals surface area contributed by atoms with Crippen LogP contribution in [0.1, 0.15) is 55.6 Å². The molecule has 2 aromatic rings. The zero-order valence-electron chi connectivity index (χ0n) is 19.2. The van der Waals surface area contributed by atoms with E-state index in [2.05, 4.69) is 4.90 Å².